The van der Waals surface area contributed by atoms with Crippen LogP contribution in [0.3, 0.4) is 0 Å². The van der Waals surface area contributed by atoms with E-state index in [1.165, 1.54) is 0 Å². The number of aliphatic hydroxyl groups is 1. The molecule has 2 N–H and O–H groups in total. The van der Waals surface area contributed by atoms with Gasteiger partial charge in [-0.1, -0.05) is 13.8 Å². The van der Waals surface area contributed by atoms with E-state index in [0.29, 0.717) is 24.4 Å². The lowest BCUT2D eigenvalue weighted by molar-refractivity contribution is -0.208. The maximum atomic E-state index is 12.7. The Morgan fingerprint density at radius 3 is 2.63 bits per heavy atom. The van der Waals surface area contributed by atoms with Gasteiger partial charge in [0.15, 0.2) is 0 Å². The zero-order valence-electron chi connectivity index (χ0n) is 21.4. The molecular formula is C28H42N2O5. The molecule has 0 radical (unpaired) electrons. The van der Waals surface area contributed by atoms with E-state index in [2.05, 4.69) is 19.2 Å². The van der Waals surface area contributed by atoms with Crippen LogP contribution in [0.1, 0.15) is 71.6 Å². The van der Waals surface area contributed by atoms with Crippen molar-refractivity contribution >= 4 is 12.1 Å². The molecule has 6 aliphatic rings. The van der Waals surface area contributed by atoms with Gasteiger partial charge >= 0.3 is 12.1 Å². The Balaban J connectivity index is 1.16. The van der Waals surface area contributed by atoms with E-state index in [0.717, 1.165) is 89.5 Å². The Morgan fingerprint density at radius 1 is 1.09 bits per heavy atom. The minimum absolute atomic E-state index is 0.0201. The quantitative estimate of drug-likeness (QED) is 0.580. The van der Waals surface area contributed by atoms with E-state index < -0.39 is 5.60 Å². The summed E-state index contributed by atoms with van der Waals surface area (Å²) in [6, 6.07) is 0. The van der Waals surface area contributed by atoms with E-state index in [-0.39, 0.29) is 34.9 Å². The molecule has 35 heavy (non-hydrogen) atoms. The summed E-state index contributed by atoms with van der Waals surface area (Å²) in [7, 11) is 0. The fraction of sp³-hybridized carbons (Fsp3) is 0.857. The van der Waals surface area contributed by atoms with Gasteiger partial charge in [-0.3, -0.25) is 0 Å². The Hall–Kier alpha value is -1.60. The van der Waals surface area contributed by atoms with Gasteiger partial charge in [-0.25, -0.2) is 9.59 Å². The summed E-state index contributed by atoms with van der Waals surface area (Å²) < 4.78 is 11.3. The summed E-state index contributed by atoms with van der Waals surface area (Å²) in [5.41, 5.74) is 0.431. The van der Waals surface area contributed by atoms with E-state index in [9.17, 15) is 14.7 Å². The van der Waals surface area contributed by atoms with Crippen LogP contribution in [-0.2, 0) is 14.3 Å². The average Bonchev–Trinajstić information content (AvgIpc) is 3.39. The number of carbonyl (C=O) groups is 2. The van der Waals surface area contributed by atoms with Crippen molar-refractivity contribution in [2.24, 2.45) is 34.5 Å². The highest BCUT2D eigenvalue weighted by Gasteiger charge is 2.67. The van der Waals surface area contributed by atoms with Crippen molar-refractivity contribution in [2.45, 2.75) is 83.3 Å². The molecule has 0 spiro atoms. The maximum Gasteiger partial charge on any atom is 0.410 e. The van der Waals surface area contributed by atoms with Gasteiger partial charge in [0.2, 0.25) is 0 Å². The Morgan fingerprint density at radius 2 is 1.89 bits per heavy atom. The Bertz CT molecular complexity index is 915. The van der Waals surface area contributed by atoms with Gasteiger partial charge in [0.1, 0.15) is 12.7 Å². The number of rotatable bonds is 2. The number of nitrogens with one attached hydrogen (secondary N) is 1. The minimum atomic E-state index is -0.674. The summed E-state index contributed by atoms with van der Waals surface area (Å²) in [5.74, 6) is 1.39. The van der Waals surface area contributed by atoms with E-state index >= 15 is 0 Å². The highest BCUT2D eigenvalue weighted by molar-refractivity contribution is 5.85. The number of amides is 1. The van der Waals surface area contributed by atoms with E-state index in [1.807, 2.05) is 4.90 Å². The number of carbonyl (C=O) groups excluding carboxylic acids is 2. The molecule has 0 bridgehead atoms. The summed E-state index contributed by atoms with van der Waals surface area (Å²) >= 11 is 0. The molecule has 7 heteroatoms. The first kappa shape index (κ1) is 23.8. The summed E-state index contributed by atoms with van der Waals surface area (Å²) in [4.78, 5) is 26.3. The number of esters is 1. The van der Waals surface area contributed by atoms with Crippen molar-refractivity contribution in [1.82, 2.24) is 10.2 Å². The Labute approximate surface area is 209 Å². The lowest BCUT2D eigenvalue weighted by atomic mass is 9.43. The standard InChI is InChI=1S/C28H42N2O5/c1-26-8-5-20(35-25(32)30-13-11-29-12-14-30)16-19(26)3-4-23-22(26)6-9-27(2)21(7-10-28(23,27)33)18-15-24(31)34-17-18/h15,19-23,29,33H,3-14,16-17H2,1-2H3. The highest BCUT2D eigenvalue weighted by atomic mass is 16.6. The van der Waals surface area contributed by atoms with Gasteiger partial charge in [0, 0.05) is 37.7 Å². The zero-order chi connectivity index (χ0) is 24.4. The van der Waals surface area contributed by atoms with Crippen LogP contribution in [0.25, 0.3) is 0 Å². The second kappa shape index (κ2) is 8.47. The number of hydrogen-bond donors (Lipinski definition) is 2. The van der Waals surface area contributed by atoms with Gasteiger partial charge in [0.05, 0.1) is 5.60 Å². The molecule has 2 aliphatic heterocycles. The molecule has 8 unspecified atom stereocenters. The third-order valence-corrected chi connectivity index (χ3v) is 11.6. The van der Waals surface area contributed by atoms with Crippen LogP contribution in [0.15, 0.2) is 11.6 Å². The molecule has 0 aromatic heterocycles. The van der Waals surface area contributed by atoms with Crippen molar-refractivity contribution in [1.29, 1.82) is 0 Å². The number of nitrogens with zero attached hydrogens (tertiary/aromatic N) is 1. The predicted octanol–water partition coefficient (Wildman–Crippen LogP) is 3.65. The average molecular weight is 487 g/mol. The third kappa shape index (κ3) is 3.58. The molecule has 1 saturated heterocycles. The van der Waals surface area contributed by atoms with Crippen molar-refractivity contribution in [3.63, 3.8) is 0 Å². The molecule has 4 saturated carbocycles. The number of piperazine rings is 1. The largest absolute Gasteiger partial charge is 0.458 e. The molecule has 194 valence electrons. The summed E-state index contributed by atoms with van der Waals surface area (Å²) in [6.45, 7) is 8.29. The van der Waals surface area contributed by atoms with Crippen LogP contribution in [0, 0.1) is 34.5 Å². The predicted molar refractivity (Wildman–Crippen MR) is 130 cm³/mol. The molecule has 7 nitrogen and oxygen atoms in total. The molecule has 6 rings (SSSR count). The van der Waals surface area contributed by atoms with Gasteiger partial charge in [-0.15, -0.1) is 0 Å². The first-order valence-corrected chi connectivity index (χ1v) is 14.0. The molecule has 4 aliphatic carbocycles. The van der Waals surface area contributed by atoms with Crippen LogP contribution >= 0.6 is 0 Å². The van der Waals surface area contributed by atoms with Crippen LogP contribution in [0.5, 0.6) is 0 Å². The molecular weight excluding hydrogens is 444 g/mol. The molecule has 0 aromatic rings. The van der Waals surface area contributed by atoms with Gasteiger partial charge < -0.3 is 24.8 Å². The number of hydrogen-bond acceptors (Lipinski definition) is 6. The van der Waals surface area contributed by atoms with Gasteiger partial charge in [-0.05, 0) is 92.4 Å². The molecule has 0 aromatic carbocycles. The second-order valence-electron chi connectivity index (χ2n) is 12.8. The fourth-order valence-electron chi connectivity index (χ4n) is 9.54. The van der Waals surface area contributed by atoms with Crippen LogP contribution in [0.4, 0.5) is 4.79 Å². The second-order valence-corrected chi connectivity index (χ2v) is 12.8. The van der Waals surface area contributed by atoms with Crippen LogP contribution in [-0.4, -0.2) is 66.6 Å². The van der Waals surface area contributed by atoms with E-state index in [1.54, 1.807) is 6.08 Å². The minimum Gasteiger partial charge on any atom is -0.458 e. The number of cyclic esters (lactones) is 1. The fourth-order valence-corrected chi connectivity index (χ4v) is 9.54. The van der Waals surface area contributed by atoms with Crippen molar-refractivity contribution in [2.75, 3.05) is 32.8 Å². The van der Waals surface area contributed by atoms with Crippen LogP contribution in [0.2, 0.25) is 0 Å². The van der Waals surface area contributed by atoms with Crippen molar-refractivity contribution in [3.05, 3.63) is 11.6 Å². The van der Waals surface area contributed by atoms with Crippen LogP contribution < -0.4 is 5.32 Å². The first-order valence-electron chi connectivity index (χ1n) is 14.0. The molecule has 1 amide bonds. The monoisotopic (exact) mass is 486 g/mol. The molecule has 5 fully saturated rings. The smallest absolute Gasteiger partial charge is 0.410 e. The van der Waals surface area contributed by atoms with Crippen molar-refractivity contribution < 1.29 is 24.2 Å². The summed E-state index contributed by atoms with van der Waals surface area (Å²) in [6.07, 6.45) is 10.6. The van der Waals surface area contributed by atoms with E-state index in [4.69, 9.17) is 9.47 Å². The lowest BCUT2D eigenvalue weighted by Crippen LogP contribution is -2.62. The molecule has 8 atom stereocenters. The highest BCUT2D eigenvalue weighted by Crippen LogP contribution is 2.70. The topological polar surface area (TPSA) is 88.1 Å². The first-order chi connectivity index (χ1) is 16.7. The normalized spacial score (nSPS) is 47.3. The zero-order valence-corrected chi connectivity index (χ0v) is 21.4. The number of ether oxygens (including phenoxy) is 2. The molecule has 2 heterocycles. The number of fused-ring (bicyclic) bond motifs is 5. The van der Waals surface area contributed by atoms with Gasteiger partial charge in [0.25, 0.3) is 0 Å². The Kier molecular flexibility index (Phi) is 5.76. The van der Waals surface area contributed by atoms with Gasteiger partial charge in [-0.2, -0.15) is 0 Å². The SMILES string of the molecule is CC12CCC(OC(=O)N3CCNCC3)CC1CCC1C2CCC2(C)C(C3=CC(=O)OC3)CCC12O. The third-order valence-electron chi connectivity index (χ3n) is 11.6. The lowest BCUT2D eigenvalue weighted by Gasteiger charge is -2.63. The van der Waals surface area contributed by atoms with Crippen molar-refractivity contribution in [3.8, 4) is 0 Å². The summed E-state index contributed by atoms with van der Waals surface area (Å²) in [5, 5.41) is 15.6. The maximum absolute atomic E-state index is 12.7.